The molecule has 206 valence electrons. The van der Waals surface area contributed by atoms with Crippen molar-refractivity contribution in [2.75, 3.05) is 45.8 Å². The fourth-order valence-corrected chi connectivity index (χ4v) is 5.13. The molecule has 2 amide bonds. The lowest BCUT2D eigenvalue weighted by molar-refractivity contribution is -0.141. The van der Waals surface area contributed by atoms with Crippen LogP contribution in [0.4, 0.5) is 13.2 Å². The van der Waals surface area contributed by atoms with Crippen molar-refractivity contribution in [3.8, 4) is 0 Å². The van der Waals surface area contributed by atoms with Crippen LogP contribution in [0.5, 0.6) is 0 Å². The molecule has 0 bridgehead atoms. The Labute approximate surface area is 226 Å². The highest BCUT2D eigenvalue weighted by molar-refractivity contribution is 6.30. The highest BCUT2D eigenvalue weighted by atomic mass is 35.5. The summed E-state index contributed by atoms with van der Waals surface area (Å²) < 4.78 is 44.9. The van der Waals surface area contributed by atoms with Gasteiger partial charge in [-0.15, -0.1) is 0 Å². The van der Waals surface area contributed by atoms with Crippen molar-refractivity contribution < 1.29 is 27.5 Å². The lowest BCUT2D eigenvalue weighted by atomic mass is 9.95. The lowest BCUT2D eigenvalue weighted by Gasteiger charge is -2.39. The largest absolute Gasteiger partial charge is 0.416 e. The predicted octanol–water partition coefficient (Wildman–Crippen LogP) is 5.02. The zero-order valence-corrected chi connectivity index (χ0v) is 22.2. The van der Waals surface area contributed by atoms with Crippen molar-refractivity contribution in [3.63, 3.8) is 0 Å². The number of hydrogen-bond acceptors (Lipinski definition) is 4. The van der Waals surface area contributed by atoms with Crippen molar-refractivity contribution >= 4 is 23.4 Å². The first-order valence-corrected chi connectivity index (χ1v) is 13.3. The number of halogens is 4. The predicted molar refractivity (Wildman–Crippen MR) is 138 cm³/mol. The van der Waals surface area contributed by atoms with E-state index in [9.17, 15) is 22.8 Å². The summed E-state index contributed by atoms with van der Waals surface area (Å²) in [5.74, 6) is 0.187. The van der Waals surface area contributed by atoms with Gasteiger partial charge in [0.15, 0.2) is 0 Å². The summed E-state index contributed by atoms with van der Waals surface area (Å²) in [5.41, 5.74) is 0.896. The zero-order valence-electron chi connectivity index (χ0n) is 21.4. The summed E-state index contributed by atoms with van der Waals surface area (Å²) >= 11 is 6.07. The summed E-state index contributed by atoms with van der Waals surface area (Å²) in [4.78, 5) is 30.6. The maximum absolute atomic E-state index is 13.1. The van der Waals surface area contributed by atoms with E-state index in [1.54, 1.807) is 24.0 Å². The van der Waals surface area contributed by atoms with Crippen molar-refractivity contribution in [1.82, 2.24) is 14.7 Å². The number of carbonyl (C=O) groups excluding carboxylic acids is 2. The van der Waals surface area contributed by atoms with E-state index >= 15 is 0 Å². The number of likely N-dealkylation sites (tertiary alicyclic amines) is 1. The number of benzene rings is 2. The molecule has 0 aromatic heterocycles. The summed E-state index contributed by atoms with van der Waals surface area (Å²) in [7, 11) is 0. The Balaban J connectivity index is 1.33. The third-order valence-corrected chi connectivity index (χ3v) is 7.62. The van der Waals surface area contributed by atoms with Crippen LogP contribution >= 0.6 is 11.6 Å². The van der Waals surface area contributed by atoms with Gasteiger partial charge in [-0.05, 0) is 48.2 Å². The summed E-state index contributed by atoms with van der Waals surface area (Å²) in [6, 6.07) is 12.4. The first kappa shape index (κ1) is 28.4. The smallest absolute Gasteiger partial charge is 0.368 e. The Morgan fingerprint density at radius 3 is 2.08 bits per heavy atom. The number of piperazine rings is 1. The minimum atomic E-state index is -4.37. The number of piperidine rings is 1. The average molecular weight is 552 g/mol. The summed E-state index contributed by atoms with van der Waals surface area (Å²) in [6.45, 7) is 6.22. The molecule has 6 nitrogen and oxygen atoms in total. The first-order valence-electron chi connectivity index (χ1n) is 12.9. The number of nitrogens with zero attached hydrogens (tertiary/aromatic N) is 3. The lowest BCUT2D eigenvalue weighted by Crippen LogP contribution is -2.52. The van der Waals surface area contributed by atoms with E-state index in [1.807, 2.05) is 17.0 Å². The van der Waals surface area contributed by atoms with Gasteiger partial charge in [0.1, 0.15) is 0 Å². The summed E-state index contributed by atoms with van der Waals surface area (Å²) in [6.07, 6.45) is -3.28. The van der Waals surface area contributed by atoms with Crippen LogP contribution in [-0.2, 0) is 27.1 Å². The van der Waals surface area contributed by atoms with Crippen LogP contribution < -0.4 is 0 Å². The number of carbonyl (C=O) groups is 2. The highest BCUT2D eigenvalue weighted by Gasteiger charge is 2.32. The van der Waals surface area contributed by atoms with E-state index in [-0.39, 0.29) is 30.4 Å². The van der Waals surface area contributed by atoms with E-state index in [0.717, 1.165) is 17.7 Å². The SMILES string of the molecule is CC(=O)N1CCC(C(=O)N2CCN(CC(OCc3ccc(C(F)(F)F)cc3)c3ccc(Cl)cc3)CC2)CC1. The first-order chi connectivity index (χ1) is 18.1. The third kappa shape index (κ3) is 7.48. The van der Waals surface area contributed by atoms with Gasteiger partial charge in [0.25, 0.3) is 0 Å². The van der Waals surface area contributed by atoms with Gasteiger partial charge in [0.05, 0.1) is 18.3 Å². The Hall–Kier alpha value is -2.62. The van der Waals surface area contributed by atoms with Gasteiger partial charge < -0.3 is 14.5 Å². The number of alkyl halides is 3. The van der Waals surface area contributed by atoms with Crippen LogP contribution in [-0.4, -0.2) is 72.3 Å². The molecule has 1 unspecified atom stereocenters. The van der Waals surface area contributed by atoms with Crippen LogP contribution in [0, 0.1) is 5.92 Å². The fraction of sp³-hybridized carbons (Fsp3) is 0.500. The van der Waals surface area contributed by atoms with Gasteiger partial charge in [-0.2, -0.15) is 13.2 Å². The second-order valence-corrected chi connectivity index (χ2v) is 10.4. The Morgan fingerprint density at radius 1 is 0.921 bits per heavy atom. The second kappa shape index (κ2) is 12.5. The molecule has 2 aromatic rings. The van der Waals surface area contributed by atoms with Gasteiger partial charge in [-0.3, -0.25) is 14.5 Å². The summed E-state index contributed by atoms with van der Waals surface area (Å²) in [5, 5.41) is 0.608. The van der Waals surface area contributed by atoms with Crippen LogP contribution in [0.25, 0.3) is 0 Å². The molecule has 2 saturated heterocycles. The van der Waals surface area contributed by atoms with E-state index in [1.165, 1.54) is 12.1 Å². The van der Waals surface area contributed by atoms with Gasteiger partial charge in [-0.1, -0.05) is 35.9 Å². The molecule has 2 aliphatic rings. The van der Waals surface area contributed by atoms with Gasteiger partial charge in [0, 0.05) is 63.7 Å². The molecule has 2 fully saturated rings. The molecule has 0 spiro atoms. The molecule has 0 radical (unpaired) electrons. The highest BCUT2D eigenvalue weighted by Crippen LogP contribution is 2.30. The van der Waals surface area contributed by atoms with E-state index in [0.29, 0.717) is 69.2 Å². The Morgan fingerprint density at radius 2 is 1.53 bits per heavy atom. The standard InChI is InChI=1S/C28H33ClF3N3O3/c1-20(36)34-12-10-23(11-13-34)27(37)35-16-14-33(15-17-35)18-26(22-4-8-25(29)9-5-22)38-19-21-2-6-24(7-3-21)28(30,31)32/h2-9,23,26H,10-19H2,1H3. The maximum Gasteiger partial charge on any atom is 0.416 e. The van der Waals surface area contributed by atoms with Crippen molar-refractivity contribution in [1.29, 1.82) is 0 Å². The molecule has 38 heavy (non-hydrogen) atoms. The van der Waals surface area contributed by atoms with E-state index in [2.05, 4.69) is 4.90 Å². The topological polar surface area (TPSA) is 53.1 Å². The molecule has 0 saturated carbocycles. The van der Waals surface area contributed by atoms with E-state index < -0.39 is 11.7 Å². The van der Waals surface area contributed by atoms with Crippen molar-refractivity contribution in [2.24, 2.45) is 5.92 Å². The molecule has 2 heterocycles. The monoisotopic (exact) mass is 551 g/mol. The van der Waals surface area contributed by atoms with Crippen LogP contribution in [0.1, 0.15) is 42.6 Å². The quantitative estimate of drug-likeness (QED) is 0.485. The van der Waals surface area contributed by atoms with Crippen molar-refractivity contribution in [3.05, 3.63) is 70.2 Å². The minimum absolute atomic E-state index is 0.0361. The molecular weight excluding hydrogens is 519 g/mol. The number of ether oxygens (including phenoxy) is 1. The average Bonchev–Trinajstić information content (AvgIpc) is 2.91. The van der Waals surface area contributed by atoms with Gasteiger partial charge in [0.2, 0.25) is 11.8 Å². The number of rotatable bonds is 7. The Kier molecular flexibility index (Phi) is 9.33. The molecule has 0 aliphatic carbocycles. The molecular formula is C28H33ClF3N3O3. The van der Waals surface area contributed by atoms with Gasteiger partial charge in [-0.25, -0.2) is 0 Å². The Bertz CT molecular complexity index is 1080. The van der Waals surface area contributed by atoms with Gasteiger partial charge >= 0.3 is 6.18 Å². The van der Waals surface area contributed by atoms with E-state index in [4.69, 9.17) is 16.3 Å². The fourth-order valence-electron chi connectivity index (χ4n) is 5.00. The molecule has 2 aromatic carbocycles. The molecule has 4 rings (SSSR count). The molecule has 10 heteroatoms. The maximum atomic E-state index is 13.1. The van der Waals surface area contributed by atoms with Crippen LogP contribution in [0.15, 0.2) is 48.5 Å². The zero-order chi connectivity index (χ0) is 27.3. The normalized spacial score (nSPS) is 18.4. The number of hydrogen-bond donors (Lipinski definition) is 0. The molecule has 1 atom stereocenters. The van der Waals surface area contributed by atoms with Crippen LogP contribution in [0.3, 0.4) is 0 Å². The molecule has 2 aliphatic heterocycles. The molecule has 0 N–H and O–H groups in total. The minimum Gasteiger partial charge on any atom is -0.368 e. The number of amides is 2. The third-order valence-electron chi connectivity index (χ3n) is 7.37. The van der Waals surface area contributed by atoms with Crippen molar-refractivity contribution in [2.45, 2.75) is 38.7 Å². The van der Waals surface area contributed by atoms with Crippen LogP contribution in [0.2, 0.25) is 5.02 Å². The second-order valence-electron chi connectivity index (χ2n) is 9.95.